The first-order chi connectivity index (χ1) is 8.85. The molecule has 1 atom stereocenters. The van der Waals surface area contributed by atoms with Crippen molar-refractivity contribution in [3.63, 3.8) is 0 Å². The second-order valence-electron chi connectivity index (χ2n) is 6.94. The Morgan fingerprint density at radius 1 is 1.00 bits per heavy atom. The second-order valence-corrected chi connectivity index (χ2v) is 6.94. The molecule has 1 nitrogen and oxygen atoms in total. The number of nitrogens with two attached hydrogens (primary N) is 1. The summed E-state index contributed by atoms with van der Waals surface area (Å²) in [6.45, 7) is 11.4. The number of hydrogen-bond donors (Lipinski definition) is 1. The highest BCUT2D eigenvalue weighted by Gasteiger charge is 2.35. The monoisotopic (exact) mass is 261 g/mol. The summed E-state index contributed by atoms with van der Waals surface area (Å²) < 4.78 is 0. The Morgan fingerprint density at radius 3 is 1.95 bits per heavy atom. The van der Waals surface area contributed by atoms with Crippen LogP contribution in [0.2, 0.25) is 0 Å². The van der Waals surface area contributed by atoms with E-state index >= 15 is 0 Å². The highest BCUT2D eigenvalue weighted by Crippen LogP contribution is 2.37. The lowest BCUT2D eigenvalue weighted by atomic mass is 9.68. The second kappa shape index (κ2) is 6.56. The molecular formula is C18H31N. The van der Waals surface area contributed by atoms with Gasteiger partial charge in [0, 0.05) is 11.5 Å². The maximum Gasteiger partial charge on any atom is 0.0136 e. The van der Waals surface area contributed by atoms with E-state index in [9.17, 15) is 0 Å². The molecule has 0 fully saturated rings. The Kier molecular flexibility index (Phi) is 5.61. The Morgan fingerprint density at radius 2 is 1.53 bits per heavy atom. The first-order valence-electron chi connectivity index (χ1n) is 7.67. The largest absolute Gasteiger partial charge is 0.327 e. The van der Waals surface area contributed by atoms with E-state index in [-0.39, 0.29) is 11.5 Å². The van der Waals surface area contributed by atoms with Gasteiger partial charge in [0.15, 0.2) is 0 Å². The lowest BCUT2D eigenvalue weighted by Crippen LogP contribution is -2.45. The van der Waals surface area contributed by atoms with Crippen molar-refractivity contribution in [2.24, 2.45) is 11.1 Å². The van der Waals surface area contributed by atoms with Crippen molar-refractivity contribution in [1.29, 1.82) is 0 Å². The Balaban J connectivity index is 2.93. The van der Waals surface area contributed by atoms with Crippen LogP contribution >= 0.6 is 0 Å². The summed E-state index contributed by atoms with van der Waals surface area (Å²) in [6, 6.07) is 11.1. The van der Waals surface area contributed by atoms with Crippen LogP contribution in [0, 0.1) is 5.41 Å². The van der Waals surface area contributed by atoms with Gasteiger partial charge in [0.1, 0.15) is 0 Å². The van der Waals surface area contributed by atoms with Crippen molar-refractivity contribution < 1.29 is 0 Å². The smallest absolute Gasteiger partial charge is 0.0136 e. The van der Waals surface area contributed by atoms with Crippen LogP contribution in [0.1, 0.15) is 65.9 Å². The highest BCUT2D eigenvalue weighted by atomic mass is 14.7. The molecule has 1 heteroatoms. The van der Waals surface area contributed by atoms with E-state index in [1.807, 2.05) is 0 Å². The van der Waals surface area contributed by atoms with Crippen LogP contribution in [-0.2, 0) is 5.41 Å². The summed E-state index contributed by atoms with van der Waals surface area (Å²) in [7, 11) is 0. The Hall–Kier alpha value is -0.820. The van der Waals surface area contributed by atoms with Crippen LogP contribution < -0.4 is 5.73 Å². The minimum absolute atomic E-state index is 0.131. The predicted molar refractivity (Wildman–Crippen MR) is 85.4 cm³/mol. The molecule has 2 N–H and O–H groups in total. The van der Waals surface area contributed by atoms with Gasteiger partial charge >= 0.3 is 0 Å². The Bertz CT molecular complexity index is 357. The third-order valence-electron chi connectivity index (χ3n) is 4.53. The molecule has 0 bridgehead atoms. The van der Waals surface area contributed by atoms with Crippen molar-refractivity contribution in [1.82, 2.24) is 0 Å². The number of benzene rings is 1. The van der Waals surface area contributed by atoms with Crippen LogP contribution in [0.5, 0.6) is 0 Å². The normalized spacial score (nSPS) is 14.4. The maximum atomic E-state index is 6.61. The van der Waals surface area contributed by atoms with E-state index in [4.69, 9.17) is 5.73 Å². The minimum Gasteiger partial charge on any atom is -0.327 e. The molecule has 0 aliphatic carbocycles. The molecule has 1 rings (SSSR count). The van der Waals surface area contributed by atoms with Crippen molar-refractivity contribution in [3.8, 4) is 0 Å². The topological polar surface area (TPSA) is 26.0 Å². The van der Waals surface area contributed by atoms with Crippen LogP contribution in [-0.4, -0.2) is 6.04 Å². The van der Waals surface area contributed by atoms with E-state index in [0.29, 0.717) is 5.41 Å². The maximum absolute atomic E-state index is 6.61. The van der Waals surface area contributed by atoms with Gasteiger partial charge in [0.05, 0.1) is 0 Å². The lowest BCUT2D eigenvalue weighted by Gasteiger charge is -2.39. The summed E-state index contributed by atoms with van der Waals surface area (Å²) in [5.41, 5.74) is 8.51. The molecule has 1 aromatic carbocycles. The van der Waals surface area contributed by atoms with Crippen LogP contribution in [0.3, 0.4) is 0 Å². The molecule has 108 valence electrons. The SMILES string of the molecule is CCC(CC)(c1ccccc1)C(N)CCC(C)(C)C. The average Bonchev–Trinajstić information content (AvgIpc) is 2.39. The summed E-state index contributed by atoms with van der Waals surface area (Å²) >= 11 is 0. The van der Waals surface area contributed by atoms with E-state index in [1.165, 1.54) is 12.0 Å². The zero-order valence-electron chi connectivity index (χ0n) is 13.4. The van der Waals surface area contributed by atoms with Gasteiger partial charge in [-0.3, -0.25) is 0 Å². The number of hydrogen-bond acceptors (Lipinski definition) is 1. The van der Waals surface area contributed by atoms with E-state index in [1.54, 1.807) is 0 Å². The third kappa shape index (κ3) is 4.07. The summed E-state index contributed by atoms with van der Waals surface area (Å²) in [5.74, 6) is 0. The van der Waals surface area contributed by atoms with Crippen molar-refractivity contribution >= 4 is 0 Å². The zero-order valence-corrected chi connectivity index (χ0v) is 13.4. The molecule has 1 unspecified atom stereocenters. The van der Waals surface area contributed by atoms with E-state index < -0.39 is 0 Å². The zero-order chi connectivity index (χ0) is 14.5. The van der Waals surface area contributed by atoms with Gasteiger partial charge in [-0.2, -0.15) is 0 Å². The van der Waals surface area contributed by atoms with Crippen LogP contribution in [0.15, 0.2) is 30.3 Å². The highest BCUT2D eigenvalue weighted by molar-refractivity contribution is 5.27. The molecule has 0 saturated carbocycles. The molecule has 0 aromatic heterocycles. The molecule has 0 aliphatic heterocycles. The van der Waals surface area contributed by atoms with Crippen LogP contribution in [0.25, 0.3) is 0 Å². The standard InChI is InChI=1S/C18H31N/c1-6-18(7-2,15-11-9-8-10-12-15)16(19)13-14-17(3,4)5/h8-12,16H,6-7,13-14,19H2,1-5H3. The van der Waals surface area contributed by atoms with Gasteiger partial charge in [-0.05, 0) is 36.7 Å². The van der Waals surface area contributed by atoms with Gasteiger partial charge in [0.25, 0.3) is 0 Å². The first-order valence-corrected chi connectivity index (χ1v) is 7.67. The molecular weight excluding hydrogens is 230 g/mol. The Labute approximate surface area is 119 Å². The minimum atomic E-state index is 0.131. The van der Waals surface area contributed by atoms with Crippen molar-refractivity contribution in [2.75, 3.05) is 0 Å². The van der Waals surface area contributed by atoms with Gasteiger partial charge in [-0.15, -0.1) is 0 Å². The molecule has 19 heavy (non-hydrogen) atoms. The summed E-state index contributed by atoms with van der Waals surface area (Å²) in [5, 5.41) is 0. The first kappa shape index (κ1) is 16.2. The van der Waals surface area contributed by atoms with Crippen LogP contribution in [0.4, 0.5) is 0 Å². The molecule has 0 amide bonds. The lowest BCUT2D eigenvalue weighted by molar-refractivity contribution is 0.263. The average molecular weight is 261 g/mol. The summed E-state index contributed by atoms with van der Waals surface area (Å²) in [6.07, 6.45) is 4.50. The molecule has 0 saturated heterocycles. The quantitative estimate of drug-likeness (QED) is 0.774. The van der Waals surface area contributed by atoms with Gasteiger partial charge in [-0.25, -0.2) is 0 Å². The van der Waals surface area contributed by atoms with Crippen molar-refractivity contribution in [3.05, 3.63) is 35.9 Å². The fraction of sp³-hybridized carbons (Fsp3) is 0.667. The molecule has 0 heterocycles. The fourth-order valence-electron chi connectivity index (χ4n) is 3.03. The summed E-state index contributed by atoms with van der Waals surface area (Å²) in [4.78, 5) is 0. The van der Waals surface area contributed by atoms with Gasteiger partial charge in [0.2, 0.25) is 0 Å². The van der Waals surface area contributed by atoms with Gasteiger partial charge in [-0.1, -0.05) is 65.0 Å². The van der Waals surface area contributed by atoms with E-state index in [2.05, 4.69) is 65.0 Å². The molecule has 0 spiro atoms. The van der Waals surface area contributed by atoms with Crippen molar-refractivity contribution in [2.45, 2.75) is 71.8 Å². The fourth-order valence-corrected chi connectivity index (χ4v) is 3.03. The number of rotatable bonds is 6. The molecule has 1 aromatic rings. The molecule has 0 aliphatic rings. The third-order valence-corrected chi connectivity index (χ3v) is 4.53. The predicted octanol–water partition coefficient (Wildman–Crippen LogP) is 4.90. The van der Waals surface area contributed by atoms with Gasteiger partial charge < -0.3 is 5.73 Å². The molecule has 0 radical (unpaired) electrons. The van der Waals surface area contributed by atoms with E-state index in [0.717, 1.165) is 19.3 Å².